The summed E-state index contributed by atoms with van der Waals surface area (Å²) in [6, 6.07) is 0. The van der Waals surface area contributed by atoms with Crippen molar-refractivity contribution in [3.05, 3.63) is 24.0 Å². The van der Waals surface area contributed by atoms with E-state index in [0.717, 1.165) is 19.6 Å². The van der Waals surface area contributed by atoms with E-state index in [4.69, 9.17) is 4.74 Å². The van der Waals surface area contributed by atoms with Crippen LogP contribution in [0.4, 0.5) is 0 Å². The van der Waals surface area contributed by atoms with Gasteiger partial charge in [0.2, 0.25) is 0 Å². The van der Waals surface area contributed by atoms with Gasteiger partial charge in [0.05, 0.1) is 19.4 Å². The predicted octanol–water partition coefficient (Wildman–Crippen LogP) is 1.22. The molecule has 2 rings (SSSR count). The van der Waals surface area contributed by atoms with Crippen molar-refractivity contribution in [3.63, 3.8) is 0 Å². The maximum Gasteiger partial charge on any atom is 0.0653 e. The van der Waals surface area contributed by atoms with E-state index in [1.165, 1.54) is 11.1 Å². The van der Waals surface area contributed by atoms with Gasteiger partial charge in [-0.1, -0.05) is 6.08 Å². The molecule has 1 aliphatic heterocycles. The molecular weight excluding hydrogens is 152 g/mol. The van der Waals surface area contributed by atoms with Crippen LogP contribution in [0.5, 0.6) is 0 Å². The summed E-state index contributed by atoms with van der Waals surface area (Å²) in [5.41, 5.74) is 2.58. The van der Waals surface area contributed by atoms with Crippen LogP contribution >= 0.6 is 0 Å². The molecule has 0 aromatic carbocycles. The van der Waals surface area contributed by atoms with E-state index in [0.29, 0.717) is 0 Å². The fourth-order valence-electron chi connectivity index (χ4n) is 1.38. The highest BCUT2D eigenvalue weighted by Crippen LogP contribution is 2.19. The molecular formula is C9H12N2O. The second-order valence-electron chi connectivity index (χ2n) is 2.96. The Hall–Kier alpha value is -1.09. The van der Waals surface area contributed by atoms with Gasteiger partial charge in [-0.15, -0.1) is 0 Å². The van der Waals surface area contributed by atoms with Crippen LogP contribution in [-0.4, -0.2) is 23.0 Å². The van der Waals surface area contributed by atoms with Crippen LogP contribution in [0.1, 0.15) is 12.0 Å². The number of aromatic nitrogens is 2. The zero-order chi connectivity index (χ0) is 8.39. The molecule has 0 saturated heterocycles. The number of ether oxygens (including phenoxy) is 1. The fourth-order valence-corrected chi connectivity index (χ4v) is 1.38. The molecule has 1 aliphatic rings. The minimum atomic E-state index is 0.740. The van der Waals surface area contributed by atoms with Crippen molar-refractivity contribution in [3.8, 4) is 0 Å². The lowest BCUT2D eigenvalue weighted by molar-refractivity contribution is 0.161. The molecule has 0 aliphatic carbocycles. The van der Waals surface area contributed by atoms with E-state index < -0.39 is 0 Å². The van der Waals surface area contributed by atoms with Gasteiger partial charge in [-0.2, -0.15) is 5.10 Å². The Morgan fingerprint density at radius 2 is 2.50 bits per heavy atom. The maximum absolute atomic E-state index is 5.22. The van der Waals surface area contributed by atoms with Crippen LogP contribution in [0.3, 0.4) is 0 Å². The Morgan fingerprint density at radius 1 is 1.58 bits per heavy atom. The molecule has 1 aromatic heterocycles. The van der Waals surface area contributed by atoms with Gasteiger partial charge in [-0.3, -0.25) is 4.68 Å². The van der Waals surface area contributed by atoms with Crippen molar-refractivity contribution in [2.45, 2.75) is 6.42 Å². The first kappa shape index (κ1) is 7.55. The minimum absolute atomic E-state index is 0.740. The van der Waals surface area contributed by atoms with Crippen molar-refractivity contribution in [1.82, 2.24) is 9.78 Å². The van der Waals surface area contributed by atoms with Crippen LogP contribution in [-0.2, 0) is 11.8 Å². The molecule has 0 spiro atoms. The first-order valence-electron chi connectivity index (χ1n) is 4.12. The van der Waals surface area contributed by atoms with Crippen LogP contribution in [0.15, 0.2) is 18.5 Å². The summed E-state index contributed by atoms with van der Waals surface area (Å²) in [6.07, 6.45) is 7.07. The van der Waals surface area contributed by atoms with Gasteiger partial charge in [0.15, 0.2) is 0 Å². The third-order valence-corrected chi connectivity index (χ3v) is 2.04. The van der Waals surface area contributed by atoms with E-state index >= 15 is 0 Å². The Bertz CT molecular complexity index is 301. The van der Waals surface area contributed by atoms with Crippen LogP contribution < -0.4 is 0 Å². The number of aryl methyl sites for hydroxylation is 1. The second kappa shape index (κ2) is 3.11. The summed E-state index contributed by atoms with van der Waals surface area (Å²) in [4.78, 5) is 0. The lowest BCUT2D eigenvalue weighted by Crippen LogP contribution is -2.03. The maximum atomic E-state index is 5.22. The Morgan fingerprint density at radius 3 is 3.08 bits per heavy atom. The van der Waals surface area contributed by atoms with Crippen molar-refractivity contribution in [2.75, 3.05) is 13.2 Å². The van der Waals surface area contributed by atoms with E-state index in [-0.39, 0.29) is 0 Å². The zero-order valence-electron chi connectivity index (χ0n) is 7.16. The third kappa shape index (κ3) is 1.41. The molecule has 3 heteroatoms. The normalized spacial score (nSPS) is 17.6. The molecule has 0 fully saturated rings. The molecule has 0 unspecified atom stereocenters. The topological polar surface area (TPSA) is 27.1 Å². The van der Waals surface area contributed by atoms with Crippen LogP contribution in [0.2, 0.25) is 0 Å². The summed E-state index contributed by atoms with van der Waals surface area (Å²) in [7, 11) is 1.93. The zero-order valence-corrected chi connectivity index (χ0v) is 7.16. The van der Waals surface area contributed by atoms with E-state index in [9.17, 15) is 0 Å². The summed E-state index contributed by atoms with van der Waals surface area (Å²) in [6.45, 7) is 1.57. The number of hydrogen-bond donors (Lipinski definition) is 0. The van der Waals surface area contributed by atoms with Crippen molar-refractivity contribution < 1.29 is 4.74 Å². The quantitative estimate of drug-likeness (QED) is 0.624. The minimum Gasteiger partial charge on any atom is -0.377 e. The first-order chi connectivity index (χ1) is 5.86. The van der Waals surface area contributed by atoms with E-state index in [1.54, 1.807) is 0 Å². The molecule has 1 aromatic rings. The largest absolute Gasteiger partial charge is 0.377 e. The highest BCUT2D eigenvalue weighted by atomic mass is 16.5. The molecule has 0 atom stereocenters. The molecule has 0 radical (unpaired) electrons. The molecule has 12 heavy (non-hydrogen) atoms. The van der Waals surface area contributed by atoms with Gasteiger partial charge in [0.1, 0.15) is 0 Å². The van der Waals surface area contributed by atoms with Crippen molar-refractivity contribution in [2.24, 2.45) is 7.05 Å². The van der Waals surface area contributed by atoms with Crippen molar-refractivity contribution in [1.29, 1.82) is 0 Å². The Labute approximate surface area is 71.6 Å². The SMILES string of the molecule is Cn1cc(C2=CCOCC2)cn1. The first-order valence-corrected chi connectivity index (χ1v) is 4.12. The number of hydrogen-bond acceptors (Lipinski definition) is 2. The fraction of sp³-hybridized carbons (Fsp3) is 0.444. The highest BCUT2D eigenvalue weighted by Gasteiger charge is 2.06. The van der Waals surface area contributed by atoms with E-state index in [1.807, 2.05) is 24.1 Å². The Kier molecular flexibility index (Phi) is 1.96. The lowest BCUT2D eigenvalue weighted by Gasteiger charge is -2.11. The van der Waals surface area contributed by atoms with E-state index in [2.05, 4.69) is 11.2 Å². The van der Waals surface area contributed by atoms with Gasteiger partial charge in [0, 0.05) is 18.8 Å². The van der Waals surface area contributed by atoms with Crippen LogP contribution in [0, 0.1) is 0 Å². The second-order valence-corrected chi connectivity index (χ2v) is 2.96. The lowest BCUT2D eigenvalue weighted by atomic mass is 10.1. The van der Waals surface area contributed by atoms with Gasteiger partial charge < -0.3 is 4.74 Å². The van der Waals surface area contributed by atoms with Gasteiger partial charge in [0.25, 0.3) is 0 Å². The average molecular weight is 164 g/mol. The molecule has 64 valence electrons. The Balaban J connectivity index is 2.23. The van der Waals surface area contributed by atoms with Gasteiger partial charge >= 0.3 is 0 Å². The number of rotatable bonds is 1. The predicted molar refractivity (Wildman–Crippen MR) is 46.6 cm³/mol. The number of nitrogens with zero attached hydrogens (tertiary/aromatic N) is 2. The molecule has 0 N–H and O–H groups in total. The highest BCUT2D eigenvalue weighted by molar-refractivity contribution is 5.64. The van der Waals surface area contributed by atoms with Gasteiger partial charge in [-0.05, 0) is 12.0 Å². The van der Waals surface area contributed by atoms with Crippen molar-refractivity contribution >= 4 is 5.57 Å². The summed E-state index contributed by atoms with van der Waals surface area (Å²) >= 11 is 0. The average Bonchev–Trinajstić information content (AvgIpc) is 2.54. The van der Waals surface area contributed by atoms with Crippen LogP contribution in [0.25, 0.3) is 5.57 Å². The smallest absolute Gasteiger partial charge is 0.0653 e. The molecule has 0 saturated carbocycles. The molecule has 3 nitrogen and oxygen atoms in total. The standard InChI is InChI=1S/C9H12N2O/c1-11-7-9(6-10-11)8-2-4-12-5-3-8/h2,6-7H,3-5H2,1H3. The summed E-state index contributed by atoms with van der Waals surface area (Å²) in [5.74, 6) is 0. The molecule has 2 heterocycles. The monoisotopic (exact) mass is 164 g/mol. The summed E-state index contributed by atoms with van der Waals surface area (Å²) in [5, 5.41) is 4.13. The summed E-state index contributed by atoms with van der Waals surface area (Å²) < 4.78 is 7.05. The third-order valence-electron chi connectivity index (χ3n) is 2.04. The molecule has 0 bridgehead atoms. The van der Waals surface area contributed by atoms with Gasteiger partial charge in [-0.25, -0.2) is 0 Å². The molecule has 0 amide bonds.